The van der Waals surface area contributed by atoms with Gasteiger partial charge in [0.15, 0.2) is 5.65 Å². The van der Waals surface area contributed by atoms with Gasteiger partial charge in [-0.15, -0.1) is 0 Å². The van der Waals surface area contributed by atoms with Crippen molar-refractivity contribution in [3.63, 3.8) is 0 Å². The number of nitrogens with zero attached hydrogens (tertiary/aromatic N) is 4. The van der Waals surface area contributed by atoms with Crippen molar-refractivity contribution in [2.45, 2.75) is 27.2 Å². The number of aromatic nitrogens is 3. The molecule has 5 nitrogen and oxygen atoms in total. The summed E-state index contributed by atoms with van der Waals surface area (Å²) in [5, 5.41) is 1.12. The number of hydrogen-bond donors (Lipinski definition) is 0. The highest BCUT2D eigenvalue weighted by Gasteiger charge is 2.26. The minimum Gasteiger partial charge on any atom is -0.494 e. The van der Waals surface area contributed by atoms with Crippen LogP contribution in [0, 0.1) is 11.8 Å². The van der Waals surface area contributed by atoms with E-state index in [4.69, 9.17) is 14.7 Å². The molecule has 3 heterocycles. The molecule has 164 valence electrons. The Balaban J connectivity index is 1.70. The van der Waals surface area contributed by atoms with E-state index in [1.165, 1.54) is 12.0 Å². The van der Waals surface area contributed by atoms with Gasteiger partial charge in [-0.3, -0.25) is 0 Å². The normalized spacial score (nSPS) is 18.8. The van der Waals surface area contributed by atoms with Crippen molar-refractivity contribution in [2.75, 3.05) is 24.6 Å². The molecule has 0 aliphatic carbocycles. The van der Waals surface area contributed by atoms with E-state index in [9.17, 15) is 0 Å². The monoisotopic (exact) mass is 426 g/mol. The molecule has 2 aromatic carbocycles. The number of ether oxygens (including phenoxy) is 1. The van der Waals surface area contributed by atoms with Crippen LogP contribution in [0.5, 0.6) is 5.75 Å². The van der Waals surface area contributed by atoms with Gasteiger partial charge in [0.2, 0.25) is 0 Å². The second kappa shape index (κ2) is 8.65. The Bertz CT molecular complexity index is 1190. The first-order valence-electron chi connectivity index (χ1n) is 11.5. The van der Waals surface area contributed by atoms with Crippen molar-refractivity contribution in [2.24, 2.45) is 11.8 Å². The minimum absolute atomic E-state index is 0.650. The molecule has 0 radical (unpaired) electrons. The third-order valence-electron chi connectivity index (χ3n) is 6.24. The average molecular weight is 427 g/mol. The molecule has 0 saturated carbocycles. The topological polar surface area (TPSA) is 43.2 Å². The minimum atomic E-state index is 0.650. The fourth-order valence-electron chi connectivity index (χ4n) is 5.02. The molecule has 4 aromatic rings. The average Bonchev–Trinajstić information content (AvgIpc) is 3.20. The molecule has 5 heteroatoms. The van der Waals surface area contributed by atoms with Gasteiger partial charge in [0.1, 0.15) is 17.9 Å². The van der Waals surface area contributed by atoms with Gasteiger partial charge in [0, 0.05) is 30.5 Å². The Labute approximate surface area is 189 Å². The first-order valence-corrected chi connectivity index (χ1v) is 11.5. The Hall–Kier alpha value is -3.34. The van der Waals surface area contributed by atoms with Crippen molar-refractivity contribution in [3.8, 4) is 22.6 Å². The van der Waals surface area contributed by atoms with Gasteiger partial charge in [-0.25, -0.2) is 9.97 Å². The highest BCUT2D eigenvalue weighted by molar-refractivity contribution is 6.02. The Morgan fingerprint density at radius 1 is 0.938 bits per heavy atom. The number of fused-ring (bicyclic) bond motifs is 1. The lowest BCUT2D eigenvalue weighted by atomic mass is 9.91. The first-order chi connectivity index (χ1) is 15.6. The van der Waals surface area contributed by atoms with E-state index < -0.39 is 0 Å². The van der Waals surface area contributed by atoms with Crippen LogP contribution in [0.3, 0.4) is 0 Å². The van der Waals surface area contributed by atoms with Crippen molar-refractivity contribution in [1.29, 1.82) is 0 Å². The number of rotatable bonds is 5. The standard InChI is InChI=1S/C27H30N4O/c1-4-32-23-12-10-22(11-13-23)31-17-24(21-8-6-5-7-9-21)25-26(28-18-29-27(25)31)30-15-19(2)14-20(3)16-30/h5-13,17-20H,4,14-16H2,1-3H3/t19-,20-/m0/s1. The Morgan fingerprint density at radius 2 is 1.66 bits per heavy atom. The molecule has 0 spiro atoms. The molecule has 0 N–H and O–H groups in total. The summed E-state index contributed by atoms with van der Waals surface area (Å²) in [5.41, 5.74) is 4.34. The predicted molar refractivity (Wildman–Crippen MR) is 131 cm³/mol. The zero-order valence-corrected chi connectivity index (χ0v) is 19.0. The lowest BCUT2D eigenvalue weighted by Gasteiger charge is -2.36. The lowest BCUT2D eigenvalue weighted by Crippen LogP contribution is -2.39. The van der Waals surface area contributed by atoms with E-state index in [2.05, 4.69) is 72.0 Å². The van der Waals surface area contributed by atoms with Crippen LogP contribution in [0.25, 0.3) is 27.8 Å². The first kappa shape index (κ1) is 20.6. The van der Waals surface area contributed by atoms with Crippen LogP contribution in [0.4, 0.5) is 5.82 Å². The summed E-state index contributed by atoms with van der Waals surface area (Å²) in [7, 11) is 0. The lowest BCUT2D eigenvalue weighted by molar-refractivity contribution is 0.340. The smallest absolute Gasteiger partial charge is 0.150 e. The zero-order valence-electron chi connectivity index (χ0n) is 19.0. The van der Waals surface area contributed by atoms with Crippen LogP contribution in [0.1, 0.15) is 27.2 Å². The molecule has 0 unspecified atom stereocenters. The largest absolute Gasteiger partial charge is 0.494 e. The summed E-state index contributed by atoms with van der Waals surface area (Å²) in [6, 6.07) is 18.8. The van der Waals surface area contributed by atoms with E-state index in [0.29, 0.717) is 18.4 Å². The van der Waals surface area contributed by atoms with Gasteiger partial charge < -0.3 is 14.2 Å². The van der Waals surface area contributed by atoms with Gasteiger partial charge in [0.25, 0.3) is 0 Å². The molecule has 0 bridgehead atoms. The van der Waals surface area contributed by atoms with E-state index in [1.54, 1.807) is 6.33 Å². The molecule has 2 aromatic heterocycles. The Kier molecular flexibility index (Phi) is 5.56. The maximum atomic E-state index is 5.64. The van der Waals surface area contributed by atoms with Gasteiger partial charge >= 0.3 is 0 Å². The molecule has 2 atom stereocenters. The third kappa shape index (κ3) is 3.83. The number of anilines is 1. The fourth-order valence-corrected chi connectivity index (χ4v) is 5.02. The van der Waals surface area contributed by atoms with Gasteiger partial charge in [0.05, 0.1) is 12.0 Å². The fraction of sp³-hybridized carbons (Fsp3) is 0.333. The van der Waals surface area contributed by atoms with E-state index >= 15 is 0 Å². The molecule has 0 amide bonds. The van der Waals surface area contributed by atoms with Crippen molar-refractivity contribution < 1.29 is 4.74 Å². The van der Waals surface area contributed by atoms with Crippen LogP contribution in [-0.4, -0.2) is 34.2 Å². The molecule has 5 rings (SSSR count). The Morgan fingerprint density at radius 3 is 2.34 bits per heavy atom. The second-order valence-electron chi connectivity index (χ2n) is 8.95. The summed E-state index contributed by atoms with van der Waals surface area (Å²) in [6.45, 7) is 9.39. The summed E-state index contributed by atoms with van der Waals surface area (Å²) in [5.74, 6) is 3.22. The summed E-state index contributed by atoms with van der Waals surface area (Å²) in [6.07, 6.45) is 5.18. The molecule has 1 fully saturated rings. The summed E-state index contributed by atoms with van der Waals surface area (Å²) < 4.78 is 7.81. The SMILES string of the molecule is CCOc1ccc(-n2cc(-c3ccccc3)c3c(N4C[C@@H](C)C[C@H](C)C4)ncnc32)cc1. The number of hydrogen-bond acceptors (Lipinski definition) is 4. The molecular formula is C27H30N4O. The highest BCUT2D eigenvalue weighted by Crippen LogP contribution is 2.38. The van der Waals surface area contributed by atoms with Crippen LogP contribution >= 0.6 is 0 Å². The quantitative estimate of drug-likeness (QED) is 0.394. The highest BCUT2D eigenvalue weighted by atomic mass is 16.5. The molecule has 1 saturated heterocycles. The molecule has 1 aliphatic heterocycles. The second-order valence-corrected chi connectivity index (χ2v) is 8.95. The van der Waals surface area contributed by atoms with E-state index in [0.717, 1.165) is 46.9 Å². The molecule has 32 heavy (non-hydrogen) atoms. The van der Waals surface area contributed by atoms with Crippen molar-refractivity contribution in [1.82, 2.24) is 14.5 Å². The van der Waals surface area contributed by atoms with Crippen LogP contribution < -0.4 is 9.64 Å². The van der Waals surface area contributed by atoms with E-state index in [-0.39, 0.29) is 0 Å². The van der Waals surface area contributed by atoms with Crippen LogP contribution in [0.15, 0.2) is 67.1 Å². The maximum absolute atomic E-state index is 5.64. The number of benzene rings is 2. The summed E-state index contributed by atoms with van der Waals surface area (Å²) >= 11 is 0. The van der Waals surface area contributed by atoms with E-state index in [1.807, 2.05) is 19.1 Å². The third-order valence-corrected chi connectivity index (χ3v) is 6.24. The van der Waals surface area contributed by atoms with Gasteiger partial charge in [-0.2, -0.15) is 0 Å². The summed E-state index contributed by atoms with van der Waals surface area (Å²) in [4.78, 5) is 12.0. The van der Waals surface area contributed by atoms with Crippen molar-refractivity contribution in [3.05, 3.63) is 67.1 Å². The zero-order chi connectivity index (χ0) is 22.1. The maximum Gasteiger partial charge on any atom is 0.150 e. The molecule has 1 aliphatic rings. The molecular weight excluding hydrogens is 396 g/mol. The van der Waals surface area contributed by atoms with Gasteiger partial charge in [-0.1, -0.05) is 44.2 Å². The van der Waals surface area contributed by atoms with Crippen molar-refractivity contribution >= 4 is 16.9 Å². The van der Waals surface area contributed by atoms with Gasteiger partial charge in [-0.05, 0) is 55.0 Å². The van der Waals surface area contributed by atoms with Crippen LogP contribution in [-0.2, 0) is 0 Å². The number of piperidine rings is 1. The van der Waals surface area contributed by atoms with Crippen LogP contribution in [0.2, 0.25) is 0 Å². The predicted octanol–water partition coefficient (Wildman–Crippen LogP) is 5.97.